The maximum Gasteiger partial charge on any atom is 0.143 e. The van der Waals surface area contributed by atoms with E-state index < -0.39 is 0 Å². The molecule has 96 valence electrons. The van der Waals surface area contributed by atoms with Crippen LogP contribution < -0.4 is 11.1 Å². The number of rotatable bonds is 5. The second kappa shape index (κ2) is 6.53. The van der Waals surface area contributed by atoms with Crippen LogP contribution in [0.25, 0.3) is 0 Å². The third kappa shape index (κ3) is 3.54. The molecule has 2 rings (SSSR count). The smallest absolute Gasteiger partial charge is 0.143 e. The van der Waals surface area contributed by atoms with Crippen LogP contribution in [0.15, 0.2) is 48.7 Å². The van der Waals surface area contributed by atoms with Gasteiger partial charge in [-0.2, -0.15) is 5.26 Å². The van der Waals surface area contributed by atoms with Crippen molar-refractivity contribution in [2.75, 3.05) is 11.9 Å². The van der Waals surface area contributed by atoms with Gasteiger partial charge in [-0.15, -0.1) is 0 Å². The molecule has 0 saturated heterocycles. The van der Waals surface area contributed by atoms with Crippen LogP contribution in [0.1, 0.15) is 23.6 Å². The van der Waals surface area contributed by atoms with E-state index in [1.54, 1.807) is 18.3 Å². The summed E-state index contributed by atoms with van der Waals surface area (Å²) in [5, 5.41) is 12.1. The highest BCUT2D eigenvalue weighted by atomic mass is 15.0. The average molecular weight is 252 g/mol. The van der Waals surface area contributed by atoms with Gasteiger partial charge < -0.3 is 11.1 Å². The van der Waals surface area contributed by atoms with Crippen molar-refractivity contribution in [1.82, 2.24) is 4.98 Å². The van der Waals surface area contributed by atoms with Crippen molar-refractivity contribution >= 4 is 5.82 Å². The van der Waals surface area contributed by atoms with Gasteiger partial charge in [-0.05, 0) is 24.1 Å². The molecule has 0 bridgehead atoms. The summed E-state index contributed by atoms with van der Waals surface area (Å²) in [6, 6.07) is 15.6. The molecule has 0 saturated carbocycles. The number of anilines is 1. The van der Waals surface area contributed by atoms with Crippen molar-refractivity contribution in [3.05, 3.63) is 59.8 Å². The molecule has 0 radical (unpaired) electrons. The molecule has 1 aromatic carbocycles. The highest BCUT2D eigenvalue weighted by Gasteiger charge is 2.06. The van der Waals surface area contributed by atoms with Gasteiger partial charge >= 0.3 is 0 Å². The van der Waals surface area contributed by atoms with Crippen LogP contribution in [0.2, 0.25) is 0 Å². The first kappa shape index (κ1) is 13.1. The van der Waals surface area contributed by atoms with Crippen LogP contribution in [0, 0.1) is 11.3 Å². The van der Waals surface area contributed by atoms with Crippen molar-refractivity contribution in [2.24, 2.45) is 5.73 Å². The second-order valence-electron chi connectivity index (χ2n) is 4.24. The number of nitrogens with two attached hydrogens (primary N) is 1. The number of hydrogen-bond acceptors (Lipinski definition) is 4. The van der Waals surface area contributed by atoms with Crippen LogP contribution >= 0.6 is 0 Å². The van der Waals surface area contributed by atoms with Gasteiger partial charge in [0.2, 0.25) is 0 Å². The largest absolute Gasteiger partial charge is 0.369 e. The van der Waals surface area contributed by atoms with Gasteiger partial charge in [-0.3, -0.25) is 0 Å². The van der Waals surface area contributed by atoms with Crippen molar-refractivity contribution in [3.8, 4) is 6.07 Å². The van der Waals surface area contributed by atoms with E-state index in [4.69, 9.17) is 11.0 Å². The zero-order valence-electron chi connectivity index (χ0n) is 10.6. The van der Waals surface area contributed by atoms with Crippen LogP contribution in [-0.2, 0) is 0 Å². The van der Waals surface area contributed by atoms with Crippen molar-refractivity contribution in [1.29, 1.82) is 5.26 Å². The Morgan fingerprint density at radius 3 is 2.74 bits per heavy atom. The SMILES string of the molecule is N#Cc1cccnc1NCCC(N)c1ccccc1. The average Bonchev–Trinajstić information content (AvgIpc) is 2.48. The van der Waals surface area contributed by atoms with Gasteiger partial charge in [0.05, 0.1) is 5.56 Å². The summed E-state index contributed by atoms with van der Waals surface area (Å²) in [4.78, 5) is 4.14. The molecule has 1 atom stereocenters. The number of benzene rings is 1. The van der Waals surface area contributed by atoms with Crippen molar-refractivity contribution in [2.45, 2.75) is 12.5 Å². The van der Waals surface area contributed by atoms with Crippen molar-refractivity contribution in [3.63, 3.8) is 0 Å². The molecule has 0 aliphatic carbocycles. The van der Waals surface area contributed by atoms with Gasteiger partial charge in [-0.25, -0.2) is 4.98 Å². The molecule has 2 aromatic rings. The minimum atomic E-state index is -0.0112. The van der Waals surface area contributed by atoms with Crippen LogP contribution in [-0.4, -0.2) is 11.5 Å². The topological polar surface area (TPSA) is 74.7 Å². The third-order valence-corrected chi connectivity index (χ3v) is 2.90. The lowest BCUT2D eigenvalue weighted by Crippen LogP contribution is -2.16. The first-order chi connectivity index (χ1) is 9.31. The fourth-order valence-electron chi connectivity index (χ4n) is 1.85. The van der Waals surface area contributed by atoms with Crippen LogP contribution in [0.5, 0.6) is 0 Å². The van der Waals surface area contributed by atoms with Gasteiger partial charge in [0.15, 0.2) is 0 Å². The normalized spacial score (nSPS) is 11.6. The van der Waals surface area contributed by atoms with E-state index in [2.05, 4.69) is 16.4 Å². The maximum atomic E-state index is 8.95. The molecule has 0 fully saturated rings. The Kier molecular flexibility index (Phi) is 4.49. The lowest BCUT2D eigenvalue weighted by molar-refractivity contribution is 0.674. The molecule has 0 aliphatic heterocycles. The molecule has 0 amide bonds. The number of pyridine rings is 1. The quantitative estimate of drug-likeness (QED) is 0.857. The van der Waals surface area contributed by atoms with E-state index >= 15 is 0 Å². The lowest BCUT2D eigenvalue weighted by Gasteiger charge is -2.13. The Balaban J connectivity index is 1.89. The van der Waals surface area contributed by atoms with Crippen LogP contribution in [0.3, 0.4) is 0 Å². The molecule has 1 aromatic heterocycles. The standard InChI is InChI=1S/C15H16N4/c16-11-13-7-4-9-18-15(13)19-10-8-14(17)12-5-2-1-3-6-12/h1-7,9,14H,8,10,17H2,(H,18,19). The molecular weight excluding hydrogens is 236 g/mol. The summed E-state index contributed by atoms with van der Waals surface area (Å²) in [6.45, 7) is 0.682. The Bertz CT molecular complexity index is 560. The molecule has 19 heavy (non-hydrogen) atoms. The highest BCUT2D eigenvalue weighted by molar-refractivity contribution is 5.51. The molecule has 0 spiro atoms. The fourth-order valence-corrected chi connectivity index (χ4v) is 1.85. The number of hydrogen-bond donors (Lipinski definition) is 2. The van der Waals surface area contributed by atoms with Crippen molar-refractivity contribution < 1.29 is 0 Å². The van der Waals surface area contributed by atoms with E-state index in [-0.39, 0.29) is 6.04 Å². The third-order valence-electron chi connectivity index (χ3n) is 2.90. The van der Waals surface area contributed by atoms with Gasteiger partial charge in [0.1, 0.15) is 11.9 Å². The minimum absolute atomic E-state index is 0.0112. The molecule has 1 heterocycles. The molecule has 1 unspecified atom stereocenters. The summed E-state index contributed by atoms with van der Waals surface area (Å²) >= 11 is 0. The minimum Gasteiger partial charge on any atom is -0.369 e. The number of nitriles is 1. The molecular formula is C15H16N4. The van der Waals surface area contributed by atoms with Gasteiger partial charge in [0.25, 0.3) is 0 Å². The number of nitrogens with zero attached hydrogens (tertiary/aromatic N) is 2. The van der Waals surface area contributed by atoms with Crippen LogP contribution in [0.4, 0.5) is 5.82 Å². The molecule has 3 N–H and O–H groups in total. The molecule has 4 nitrogen and oxygen atoms in total. The van der Waals surface area contributed by atoms with E-state index in [1.165, 1.54) is 0 Å². The Labute approximate surface area is 112 Å². The summed E-state index contributed by atoms with van der Waals surface area (Å²) in [5.41, 5.74) is 7.77. The first-order valence-corrected chi connectivity index (χ1v) is 6.21. The first-order valence-electron chi connectivity index (χ1n) is 6.21. The van der Waals surface area contributed by atoms with E-state index in [1.807, 2.05) is 30.3 Å². The molecule has 0 aliphatic rings. The highest BCUT2D eigenvalue weighted by Crippen LogP contribution is 2.14. The van der Waals surface area contributed by atoms with E-state index in [9.17, 15) is 0 Å². The Morgan fingerprint density at radius 1 is 1.21 bits per heavy atom. The van der Waals surface area contributed by atoms with Gasteiger partial charge in [0, 0.05) is 18.8 Å². The monoisotopic (exact) mass is 252 g/mol. The van der Waals surface area contributed by atoms with Gasteiger partial charge in [-0.1, -0.05) is 30.3 Å². The maximum absolute atomic E-state index is 8.95. The second-order valence-corrected chi connectivity index (χ2v) is 4.24. The Hall–Kier alpha value is -2.38. The lowest BCUT2D eigenvalue weighted by atomic mass is 10.1. The summed E-state index contributed by atoms with van der Waals surface area (Å²) in [5.74, 6) is 0.616. The molecule has 4 heteroatoms. The van der Waals surface area contributed by atoms with E-state index in [0.29, 0.717) is 17.9 Å². The number of nitrogens with one attached hydrogen (secondary N) is 1. The Morgan fingerprint density at radius 2 is 2.00 bits per heavy atom. The predicted molar refractivity (Wildman–Crippen MR) is 75.4 cm³/mol. The van der Waals surface area contributed by atoms with E-state index in [0.717, 1.165) is 12.0 Å². The number of aromatic nitrogens is 1. The zero-order valence-corrected chi connectivity index (χ0v) is 10.6. The summed E-state index contributed by atoms with van der Waals surface area (Å²) < 4.78 is 0. The fraction of sp³-hybridized carbons (Fsp3) is 0.200. The zero-order chi connectivity index (χ0) is 13.5. The predicted octanol–water partition coefficient (Wildman–Crippen LogP) is 2.46. The summed E-state index contributed by atoms with van der Waals surface area (Å²) in [6.07, 6.45) is 2.45. The summed E-state index contributed by atoms with van der Waals surface area (Å²) in [7, 11) is 0.